The number of hydrogen-bond donors (Lipinski definition) is 9. The second-order valence-electron chi connectivity index (χ2n) is 14.9. The first-order chi connectivity index (χ1) is 29.1. The van der Waals surface area contributed by atoms with Crippen molar-refractivity contribution in [2.45, 2.75) is 88.9 Å². The molecule has 5 heterocycles. The molecule has 2 fully saturated rings. The Bertz CT molecular complexity index is 2140. The van der Waals surface area contributed by atoms with Crippen molar-refractivity contribution >= 4 is 64.2 Å². The van der Waals surface area contributed by atoms with Crippen molar-refractivity contribution in [1.29, 1.82) is 0 Å². The average Bonchev–Trinajstić information content (AvgIpc) is 3.83. The Morgan fingerprint density at radius 2 is 1.69 bits per heavy atom. The molecule has 7 amide bonds. The molecule has 61 heavy (non-hydrogen) atoms. The van der Waals surface area contributed by atoms with Gasteiger partial charge in [-0.15, -0.1) is 0 Å². The number of carbonyl (C=O) groups is 7. The van der Waals surface area contributed by atoms with Crippen LogP contribution in [0.5, 0.6) is 0 Å². The Hall–Kier alpha value is -6.56. The van der Waals surface area contributed by atoms with Crippen molar-refractivity contribution in [1.82, 2.24) is 45.7 Å². The van der Waals surface area contributed by atoms with E-state index in [0.717, 1.165) is 17.1 Å². The Kier molecular flexibility index (Phi) is 13.9. The van der Waals surface area contributed by atoms with Crippen molar-refractivity contribution in [3.63, 3.8) is 0 Å². The van der Waals surface area contributed by atoms with E-state index in [9.17, 15) is 48.9 Å². The highest BCUT2D eigenvalue weighted by Gasteiger charge is 2.47. The third kappa shape index (κ3) is 10.3. The molecule has 0 spiro atoms. The van der Waals surface area contributed by atoms with Gasteiger partial charge in [0.2, 0.25) is 23.6 Å². The van der Waals surface area contributed by atoms with Gasteiger partial charge in [-0.2, -0.15) is 0 Å². The van der Waals surface area contributed by atoms with E-state index < -0.39 is 96.9 Å². The number of rotatable bonds is 16. The van der Waals surface area contributed by atoms with Gasteiger partial charge in [0.1, 0.15) is 54.9 Å². The molecular formula is C38H47N11O12. The minimum Gasteiger partial charge on any atom is -0.445 e. The number of imide groups is 1. The number of anilines is 2. The monoisotopic (exact) mass is 849 g/mol. The van der Waals surface area contributed by atoms with E-state index in [1.807, 2.05) is 0 Å². The zero-order valence-corrected chi connectivity index (χ0v) is 33.3. The van der Waals surface area contributed by atoms with E-state index in [1.54, 1.807) is 38.1 Å². The number of aromatic nitrogens is 4. The molecule has 0 saturated carbocycles. The van der Waals surface area contributed by atoms with Crippen LogP contribution in [0.25, 0.3) is 11.2 Å². The molecule has 3 aromatic rings. The van der Waals surface area contributed by atoms with E-state index >= 15 is 0 Å². The number of aliphatic hydroxyl groups excluding tert-OH is 3. The van der Waals surface area contributed by atoms with Crippen LogP contribution in [-0.4, -0.2) is 155 Å². The van der Waals surface area contributed by atoms with Crippen LogP contribution in [0, 0.1) is 5.92 Å². The number of hydrogen-bond acceptors (Lipinski definition) is 16. The standard InChI is InChI=1S/C38H47N11O12/c1-18(2)27(45-24(51)11-13-49-25(52)8-9-26(49)53)36(58)43-19(3)34(56)44-21-6-4-20(5-7-21)15-60-38(59)48-12-10-22(48)35(57)46-28-23(14-50)61-37(31(55)30(28)54)47-33-29-32(40-16-39-29)41-17-42-33/h4-9,16-19,22-23,27-28,30-31,37,50,54-55H,10-15H2,1-3H3,(H,43,58)(H,44,56)(H,45,51)(H,46,57)(H2,39,40,41,42,47)/t19-,22+,23-,27-,28-,30+,31-,37-/m0/s1. The quantitative estimate of drug-likeness (QED) is 0.0704. The molecule has 2 aromatic heterocycles. The molecule has 0 bridgehead atoms. The van der Waals surface area contributed by atoms with Gasteiger partial charge in [0, 0.05) is 37.3 Å². The minimum atomic E-state index is -1.59. The van der Waals surface area contributed by atoms with Gasteiger partial charge >= 0.3 is 6.09 Å². The maximum atomic E-state index is 13.3. The lowest BCUT2D eigenvalue weighted by atomic mass is 9.94. The van der Waals surface area contributed by atoms with Gasteiger partial charge in [-0.1, -0.05) is 26.0 Å². The van der Waals surface area contributed by atoms with Gasteiger partial charge < -0.3 is 56.4 Å². The van der Waals surface area contributed by atoms with Crippen LogP contribution in [0.1, 0.15) is 39.2 Å². The van der Waals surface area contributed by atoms with Crippen LogP contribution in [-0.2, 0) is 44.8 Å². The van der Waals surface area contributed by atoms with Crippen molar-refractivity contribution < 1.29 is 58.4 Å². The summed E-state index contributed by atoms with van der Waals surface area (Å²) in [6, 6.07) is 2.14. The Morgan fingerprint density at radius 1 is 0.967 bits per heavy atom. The molecule has 9 N–H and O–H groups in total. The lowest BCUT2D eigenvalue weighted by Crippen LogP contribution is -2.68. The fourth-order valence-corrected chi connectivity index (χ4v) is 6.74. The summed E-state index contributed by atoms with van der Waals surface area (Å²) >= 11 is 0. The Labute approximate surface area is 347 Å². The van der Waals surface area contributed by atoms with Gasteiger partial charge in [0.25, 0.3) is 11.8 Å². The fraction of sp³-hybridized carbons (Fsp3) is 0.474. The second-order valence-corrected chi connectivity index (χ2v) is 14.9. The molecule has 2 saturated heterocycles. The van der Waals surface area contributed by atoms with Gasteiger partial charge in [-0.25, -0.2) is 19.7 Å². The summed E-state index contributed by atoms with van der Waals surface area (Å²) in [4.78, 5) is 105. The summed E-state index contributed by atoms with van der Waals surface area (Å²) in [7, 11) is 0. The predicted molar refractivity (Wildman–Crippen MR) is 210 cm³/mol. The van der Waals surface area contributed by atoms with Crippen molar-refractivity contribution in [2.24, 2.45) is 5.92 Å². The minimum absolute atomic E-state index is 0.144. The molecule has 3 aliphatic rings. The number of likely N-dealkylation sites (tertiary alicyclic amines) is 1. The van der Waals surface area contributed by atoms with Crippen LogP contribution in [0.3, 0.4) is 0 Å². The Morgan fingerprint density at radius 3 is 2.34 bits per heavy atom. The molecule has 326 valence electrons. The molecule has 3 aliphatic heterocycles. The molecule has 23 nitrogen and oxygen atoms in total. The summed E-state index contributed by atoms with van der Waals surface area (Å²) in [6.45, 7) is 4.16. The first-order valence-electron chi connectivity index (χ1n) is 19.4. The van der Waals surface area contributed by atoms with Gasteiger partial charge in [-0.05, 0) is 37.0 Å². The predicted octanol–water partition coefficient (Wildman–Crippen LogP) is -2.00. The zero-order valence-electron chi connectivity index (χ0n) is 33.3. The molecule has 0 aliphatic carbocycles. The summed E-state index contributed by atoms with van der Waals surface area (Å²) < 4.78 is 11.2. The van der Waals surface area contributed by atoms with Crippen LogP contribution in [0.4, 0.5) is 16.3 Å². The highest BCUT2D eigenvalue weighted by atomic mass is 16.6. The van der Waals surface area contributed by atoms with Gasteiger partial charge in [-0.3, -0.25) is 38.6 Å². The molecule has 23 heteroatoms. The van der Waals surface area contributed by atoms with Crippen molar-refractivity contribution in [3.8, 4) is 0 Å². The third-order valence-corrected chi connectivity index (χ3v) is 10.4. The van der Waals surface area contributed by atoms with Gasteiger partial charge in [0.15, 0.2) is 17.7 Å². The number of imidazole rings is 1. The van der Waals surface area contributed by atoms with Gasteiger partial charge in [0.05, 0.1) is 19.0 Å². The van der Waals surface area contributed by atoms with Crippen molar-refractivity contribution in [3.05, 3.63) is 54.6 Å². The van der Waals surface area contributed by atoms with E-state index in [-0.39, 0.29) is 37.9 Å². The first-order valence-corrected chi connectivity index (χ1v) is 19.4. The number of ether oxygens (including phenoxy) is 2. The first kappa shape index (κ1) is 44.0. The van der Waals surface area contributed by atoms with Crippen LogP contribution in [0.15, 0.2) is 49.1 Å². The molecule has 6 rings (SSSR count). The topological polar surface area (TPSA) is 320 Å². The molecule has 0 radical (unpaired) electrons. The molecule has 0 unspecified atom stereocenters. The normalized spacial score (nSPS) is 23.3. The van der Waals surface area contributed by atoms with E-state index in [1.165, 1.54) is 24.5 Å². The fourth-order valence-electron chi connectivity index (χ4n) is 6.74. The van der Waals surface area contributed by atoms with Crippen LogP contribution < -0.4 is 26.6 Å². The number of carbonyl (C=O) groups excluding carboxylic acids is 7. The van der Waals surface area contributed by atoms with E-state index in [4.69, 9.17) is 9.47 Å². The summed E-state index contributed by atoms with van der Waals surface area (Å²) in [6.07, 6.45) is -1.36. The lowest BCUT2D eigenvalue weighted by Gasteiger charge is -2.44. The number of nitrogens with zero attached hydrogens (tertiary/aromatic N) is 5. The maximum absolute atomic E-state index is 13.3. The SMILES string of the molecule is CC(C)[C@H](NC(=O)CCN1C(=O)C=CC1=O)C(=O)N[C@@H](C)C(=O)Nc1ccc(COC(=O)N2CC[C@@H]2C(=O)N[C@@H]2[C@@H](O)[C@H](O)[C@@H](Nc3ncnc4nc[nH]c34)O[C@H]2CO)cc1. The zero-order chi connectivity index (χ0) is 44.0. The van der Waals surface area contributed by atoms with Crippen LogP contribution in [0.2, 0.25) is 0 Å². The Balaban J connectivity index is 0.931. The molecule has 8 atom stereocenters. The van der Waals surface area contributed by atoms with E-state index in [2.05, 4.69) is 46.5 Å². The summed E-state index contributed by atoms with van der Waals surface area (Å²) in [5.74, 6) is -3.53. The highest BCUT2D eigenvalue weighted by Crippen LogP contribution is 2.26. The number of aromatic amines is 1. The molecular weight excluding hydrogens is 802 g/mol. The second kappa shape index (κ2) is 19.2. The number of H-pyrrole nitrogens is 1. The van der Waals surface area contributed by atoms with Crippen LogP contribution >= 0.6 is 0 Å². The lowest BCUT2D eigenvalue weighted by molar-refractivity contribution is -0.186. The number of amides is 7. The highest BCUT2D eigenvalue weighted by molar-refractivity contribution is 6.13. The number of benzene rings is 1. The number of fused-ring (bicyclic) bond motifs is 1. The van der Waals surface area contributed by atoms with Crippen molar-refractivity contribution in [2.75, 3.05) is 30.3 Å². The summed E-state index contributed by atoms with van der Waals surface area (Å²) in [5.41, 5.74) is 1.70. The van der Waals surface area contributed by atoms with E-state index in [0.29, 0.717) is 28.8 Å². The average molecular weight is 850 g/mol. The largest absolute Gasteiger partial charge is 0.445 e. The molecule has 1 aromatic carbocycles. The number of aliphatic hydroxyl groups is 3. The number of nitrogens with one attached hydrogen (secondary N) is 6. The maximum Gasteiger partial charge on any atom is 0.410 e. The smallest absolute Gasteiger partial charge is 0.410 e. The third-order valence-electron chi connectivity index (χ3n) is 10.4. The summed E-state index contributed by atoms with van der Waals surface area (Å²) in [5, 5.41) is 45.3.